The van der Waals surface area contributed by atoms with Gasteiger partial charge in [0.25, 0.3) is 5.91 Å². The van der Waals surface area contributed by atoms with E-state index in [2.05, 4.69) is 15.4 Å². The predicted octanol–water partition coefficient (Wildman–Crippen LogP) is 2.67. The minimum absolute atomic E-state index is 0.00577. The van der Waals surface area contributed by atoms with Crippen LogP contribution in [0.15, 0.2) is 36.4 Å². The third-order valence-electron chi connectivity index (χ3n) is 3.15. The highest BCUT2D eigenvalue weighted by molar-refractivity contribution is 6.33. The van der Waals surface area contributed by atoms with Gasteiger partial charge in [-0.15, -0.1) is 0 Å². The summed E-state index contributed by atoms with van der Waals surface area (Å²) in [6.07, 6.45) is 0. The van der Waals surface area contributed by atoms with Crippen LogP contribution in [-0.2, 0) is 14.3 Å². The van der Waals surface area contributed by atoms with Crippen LogP contribution in [0.25, 0.3) is 0 Å². The average Bonchev–Trinajstić information content (AvgIpc) is 2.61. The molecule has 0 spiro atoms. The summed E-state index contributed by atoms with van der Waals surface area (Å²) in [6.45, 7) is -1.29. The third kappa shape index (κ3) is 5.71. The van der Waals surface area contributed by atoms with Crippen LogP contribution in [0.1, 0.15) is 10.4 Å². The topological polar surface area (TPSA) is 84.5 Å². The summed E-state index contributed by atoms with van der Waals surface area (Å²) in [7, 11) is 0. The van der Waals surface area contributed by atoms with E-state index in [0.717, 1.165) is 24.3 Å². The molecule has 0 heterocycles. The first kappa shape index (κ1) is 20.2. The molecule has 2 aromatic carbocycles. The number of benzene rings is 2. The zero-order valence-corrected chi connectivity index (χ0v) is 14.3. The molecule has 0 aliphatic rings. The number of carbonyl (C=O) groups excluding carboxylic acids is 3. The summed E-state index contributed by atoms with van der Waals surface area (Å²) < 4.78 is 44.0. The highest BCUT2D eigenvalue weighted by Gasteiger charge is 2.18. The van der Waals surface area contributed by atoms with Crippen LogP contribution in [0, 0.1) is 17.5 Å². The number of hydrogen-bond donors (Lipinski definition) is 2. The van der Waals surface area contributed by atoms with Gasteiger partial charge in [0, 0.05) is 11.8 Å². The van der Waals surface area contributed by atoms with E-state index in [9.17, 15) is 27.6 Å². The van der Waals surface area contributed by atoms with Crippen LogP contribution in [0.4, 0.5) is 18.9 Å². The summed E-state index contributed by atoms with van der Waals surface area (Å²) in [5.41, 5.74) is -0.517. The van der Waals surface area contributed by atoms with Gasteiger partial charge in [-0.3, -0.25) is 9.59 Å². The van der Waals surface area contributed by atoms with E-state index in [1.165, 1.54) is 12.1 Å². The number of nitrogens with one attached hydrogen (secondary N) is 2. The van der Waals surface area contributed by atoms with Crippen molar-refractivity contribution < 1.29 is 32.3 Å². The van der Waals surface area contributed by atoms with Crippen molar-refractivity contribution in [3.63, 3.8) is 0 Å². The maximum Gasteiger partial charge on any atom is 0.343 e. The first-order valence-electron chi connectivity index (χ1n) is 7.40. The summed E-state index contributed by atoms with van der Waals surface area (Å²) in [5, 5.41) is 4.20. The lowest BCUT2D eigenvalue weighted by Crippen LogP contribution is -2.35. The van der Waals surface area contributed by atoms with Crippen LogP contribution in [-0.4, -0.2) is 30.9 Å². The summed E-state index contributed by atoms with van der Waals surface area (Å²) in [5.74, 6) is -5.82. The molecule has 2 aromatic rings. The maximum atomic E-state index is 13.6. The van der Waals surface area contributed by atoms with E-state index in [1.54, 1.807) is 0 Å². The van der Waals surface area contributed by atoms with E-state index < -0.39 is 54.0 Å². The number of ether oxygens (including phenoxy) is 1. The van der Waals surface area contributed by atoms with Crippen LogP contribution >= 0.6 is 11.6 Å². The van der Waals surface area contributed by atoms with Crippen LogP contribution in [0.2, 0.25) is 5.02 Å². The molecule has 10 heteroatoms. The Bertz CT molecular complexity index is 872. The average molecular weight is 401 g/mol. The zero-order valence-electron chi connectivity index (χ0n) is 13.5. The Kier molecular flexibility index (Phi) is 6.78. The molecule has 2 amide bonds. The molecule has 0 bridgehead atoms. The number of esters is 1. The zero-order chi connectivity index (χ0) is 20.0. The Labute approximate surface area is 156 Å². The van der Waals surface area contributed by atoms with Gasteiger partial charge in [-0.25, -0.2) is 18.0 Å². The first-order chi connectivity index (χ1) is 12.8. The van der Waals surface area contributed by atoms with Gasteiger partial charge < -0.3 is 15.4 Å². The van der Waals surface area contributed by atoms with Crippen molar-refractivity contribution in [2.24, 2.45) is 0 Å². The fourth-order valence-electron chi connectivity index (χ4n) is 1.91. The fraction of sp³-hybridized carbons (Fsp3) is 0.118. The molecule has 2 rings (SSSR count). The van der Waals surface area contributed by atoms with Gasteiger partial charge in [-0.2, -0.15) is 0 Å². The molecule has 6 nitrogen and oxygen atoms in total. The molecule has 27 heavy (non-hydrogen) atoms. The van der Waals surface area contributed by atoms with Gasteiger partial charge in [0.2, 0.25) is 5.91 Å². The number of halogens is 4. The summed E-state index contributed by atoms with van der Waals surface area (Å²) in [4.78, 5) is 35.0. The monoisotopic (exact) mass is 400 g/mol. The van der Waals surface area contributed by atoms with Gasteiger partial charge >= 0.3 is 5.97 Å². The van der Waals surface area contributed by atoms with Crippen LogP contribution in [0.5, 0.6) is 0 Å². The van der Waals surface area contributed by atoms with Crippen LogP contribution < -0.4 is 10.6 Å². The van der Waals surface area contributed by atoms with Crippen molar-refractivity contribution in [2.75, 3.05) is 18.5 Å². The van der Waals surface area contributed by atoms with E-state index in [0.29, 0.717) is 0 Å². The second kappa shape index (κ2) is 9.04. The van der Waals surface area contributed by atoms with Crippen molar-refractivity contribution in [3.8, 4) is 0 Å². The lowest BCUT2D eigenvalue weighted by molar-refractivity contribution is -0.126. The predicted molar refractivity (Wildman–Crippen MR) is 89.7 cm³/mol. The Morgan fingerprint density at radius 3 is 2.37 bits per heavy atom. The van der Waals surface area contributed by atoms with Gasteiger partial charge in [-0.1, -0.05) is 17.7 Å². The van der Waals surface area contributed by atoms with Crippen molar-refractivity contribution in [3.05, 3.63) is 64.4 Å². The second-order valence-electron chi connectivity index (χ2n) is 5.13. The normalized spacial score (nSPS) is 10.2. The molecule has 0 radical (unpaired) electrons. The first-order valence-corrected chi connectivity index (χ1v) is 7.78. The van der Waals surface area contributed by atoms with Gasteiger partial charge in [-0.05, 0) is 24.3 Å². The highest BCUT2D eigenvalue weighted by atomic mass is 35.5. The van der Waals surface area contributed by atoms with Gasteiger partial charge in [0.1, 0.15) is 11.4 Å². The Balaban J connectivity index is 1.79. The lowest BCUT2D eigenvalue weighted by Gasteiger charge is -2.09. The van der Waals surface area contributed by atoms with Gasteiger partial charge in [0.15, 0.2) is 18.2 Å². The van der Waals surface area contributed by atoms with E-state index >= 15 is 0 Å². The highest BCUT2D eigenvalue weighted by Crippen LogP contribution is 2.19. The van der Waals surface area contributed by atoms with Crippen molar-refractivity contribution >= 4 is 35.1 Å². The summed E-state index contributed by atoms with van der Waals surface area (Å²) in [6, 6.07) is 6.33. The smallest absolute Gasteiger partial charge is 0.343 e. The van der Waals surface area contributed by atoms with E-state index in [1.807, 2.05) is 0 Å². The number of amides is 2. The Morgan fingerprint density at radius 1 is 0.963 bits per heavy atom. The molecule has 0 aliphatic carbocycles. The fourth-order valence-corrected chi connectivity index (χ4v) is 2.15. The molecule has 0 aliphatic heterocycles. The quantitative estimate of drug-likeness (QED) is 0.730. The molecule has 142 valence electrons. The molecule has 0 atom stereocenters. The second-order valence-corrected chi connectivity index (χ2v) is 5.53. The molecule has 0 unspecified atom stereocenters. The number of anilines is 1. The third-order valence-corrected chi connectivity index (χ3v) is 3.47. The largest absolute Gasteiger partial charge is 0.452 e. The minimum atomic E-state index is -1.14. The lowest BCUT2D eigenvalue weighted by atomic mass is 10.2. The number of carbonyl (C=O) groups is 3. The molecule has 2 N–H and O–H groups in total. The van der Waals surface area contributed by atoms with Crippen molar-refractivity contribution in [2.45, 2.75) is 0 Å². The Hall–Kier alpha value is -3.07. The molecule has 0 fully saturated rings. The molecular formula is C17H12ClF3N2O4. The standard InChI is InChI=1S/C17H12ClF3N2O4/c18-10-2-1-3-12(20)16(10)17(26)27-8-15(25)22-7-14(24)23-9-4-5-11(19)13(21)6-9/h1-6H,7-8H2,(H,22,25)(H,23,24). The molecule has 0 aromatic heterocycles. The molecular weight excluding hydrogens is 389 g/mol. The van der Waals surface area contributed by atoms with Crippen molar-refractivity contribution in [1.29, 1.82) is 0 Å². The Morgan fingerprint density at radius 2 is 1.70 bits per heavy atom. The molecule has 0 saturated heterocycles. The van der Waals surface area contributed by atoms with Crippen LogP contribution in [0.3, 0.4) is 0 Å². The number of rotatable bonds is 6. The SMILES string of the molecule is O=C(COC(=O)c1c(F)cccc1Cl)NCC(=O)Nc1ccc(F)c(F)c1. The van der Waals surface area contributed by atoms with Gasteiger partial charge in [0.05, 0.1) is 11.6 Å². The van der Waals surface area contributed by atoms with Crippen molar-refractivity contribution in [1.82, 2.24) is 5.32 Å². The van der Waals surface area contributed by atoms with E-state index in [4.69, 9.17) is 11.6 Å². The minimum Gasteiger partial charge on any atom is -0.452 e. The van der Waals surface area contributed by atoms with E-state index in [-0.39, 0.29) is 10.7 Å². The maximum absolute atomic E-state index is 13.6. The molecule has 0 saturated carbocycles. The number of hydrogen-bond acceptors (Lipinski definition) is 4. The summed E-state index contributed by atoms with van der Waals surface area (Å²) >= 11 is 5.70.